The second-order valence-corrected chi connectivity index (χ2v) is 8.06. The number of hydrogen-bond acceptors (Lipinski definition) is 4. The molecule has 1 atom stereocenters. The summed E-state index contributed by atoms with van der Waals surface area (Å²) in [6.07, 6.45) is 0. The van der Waals surface area contributed by atoms with Gasteiger partial charge in [0.05, 0.1) is 19.3 Å². The minimum atomic E-state index is -0.0626. The highest BCUT2D eigenvalue weighted by molar-refractivity contribution is 7.10. The van der Waals surface area contributed by atoms with Crippen LogP contribution in [0.2, 0.25) is 0 Å². The zero-order chi connectivity index (χ0) is 20.6. The topological polar surface area (TPSA) is 41.6 Å². The lowest BCUT2D eigenvalue weighted by molar-refractivity contribution is 0.0169. The summed E-state index contributed by atoms with van der Waals surface area (Å²) >= 11 is 1.73. The number of benzene rings is 2. The monoisotopic (exact) mass is 416 g/mol. The van der Waals surface area contributed by atoms with Gasteiger partial charge in [-0.15, -0.1) is 11.3 Å². The molecule has 152 valence electrons. The maximum atomic E-state index is 12.7. The molecule has 1 amide bonds. The molecule has 3 aromatic rings. The van der Waals surface area contributed by atoms with Gasteiger partial charge < -0.3 is 10.1 Å². The zero-order valence-corrected chi connectivity index (χ0v) is 17.5. The first-order valence-electron chi connectivity index (χ1n) is 10.1. The Bertz CT molecular complexity index is 999. The third-order valence-corrected chi connectivity index (χ3v) is 6.06. The van der Waals surface area contributed by atoms with Crippen molar-refractivity contribution in [1.82, 2.24) is 10.2 Å². The number of rotatable bonds is 5. The molecular weight excluding hydrogens is 392 g/mol. The smallest absolute Gasteiger partial charge is 0.251 e. The van der Waals surface area contributed by atoms with Crippen LogP contribution in [-0.2, 0) is 4.74 Å². The van der Waals surface area contributed by atoms with E-state index in [9.17, 15) is 4.79 Å². The molecule has 0 radical (unpaired) electrons. The summed E-state index contributed by atoms with van der Waals surface area (Å²) in [5, 5.41) is 5.19. The first kappa shape index (κ1) is 20.4. The molecule has 2 aromatic carbocycles. The Hall–Kier alpha value is -2.91. The minimum absolute atomic E-state index is 0.0626. The molecule has 0 spiro atoms. The summed E-state index contributed by atoms with van der Waals surface area (Å²) < 4.78 is 5.48. The zero-order valence-electron chi connectivity index (χ0n) is 16.7. The average Bonchev–Trinajstić information content (AvgIpc) is 3.34. The van der Waals surface area contributed by atoms with Gasteiger partial charge in [0.1, 0.15) is 0 Å². The van der Waals surface area contributed by atoms with Gasteiger partial charge in [-0.1, -0.05) is 36.1 Å². The maximum absolute atomic E-state index is 12.7. The Balaban J connectivity index is 1.38. The fourth-order valence-corrected chi connectivity index (χ4v) is 4.30. The van der Waals surface area contributed by atoms with Crippen LogP contribution >= 0.6 is 11.3 Å². The quantitative estimate of drug-likeness (QED) is 0.641. The van der Waals surface area contributed by atoms with Crippen LogP contribution in [0.25, 0.3) is 0 Å². The van der Waals surface area contributed by atoms with Gasteiger partial charge in [0.15, 0.2) is 0 Å². The van der Waals surface area contributed by atoms with E-state index >= 15 is 0 Å². The molecule has 0 saturated carbocycles. The third kappa shape index (κ3) is 5.37. The lowest BCUT2D eigenvalue weighted by atomic mass is 10.1. The largest absolute Gasteiger partial charge is 0.379 e. The van der Waals surface area contributed by atoms with Crippen molar-refractivity contribution in [2.24, 2.45) is 0 Å². The van der Waals surface area contributed by atoms with E-state index < -0.39 is 0 Å². The number of carbonyl (C=O) groups is 1. The molecule has 1 fully saturated rings. The van der Waals surface area contributed by atoms with Crippen LogP contribution in [0.5, 0.6) is 0 Å². The second-order valence-electron chi connectivity index (χ2n) is 7.08. The highest BCUT2D eigenvalue weighted by Gasteiger charge is 2.24. The van der Waals surface area contributed by atoms with Crippen LogP contribution in [0.4, 0.5) is 0 Å². The lowest BCUT2D eigenvalue weighted by Gasteiger charge is -2.34. The molecule has 0 aliphatic carbocycles. The number of nitrogens with one attached hydrogen (secondary N) is 1. The third-order valence-electron chi connectivity index (χ3n) is 5.09. The molecule has 1 unspecified atom stereocenters. The van der Waals surface area contributed by atoms with Gasteiger partial charge in [-0.3, -0.25) is 9.69 Å². The number of ether oxygens (including phenoxy) is 1. The SMILES string of the molecule is O=C(NCC(c1cccs1)N1CCOCC1)c1ccc(C#Cc2ccccc2)cc1. The van der Waals surface area contributed by atoms with E-state index in [0.717, 1.165) is 37.4 Å². The number of amides is 1. The van der Waals surface area contributed by atoms with Crippen molar-refractivity contribution in [3.05, 3.63) is 93.7 Å². The van der Waals surface area contributed by atoms with Crippen LogP contribution in [-0.4, -0.2) is 43.7 Å². The van der Waals surface area contributed by atoms with Crippen molar-refractivity contribution in [2.75, 3.05) is 32.8 Å². The van der Waals surface area contributed by atoms with E-state index in [1.807, 2.05) is 54.6 Å². The van der Waals surface area contributed by atoms with Gasteiger partial charge in [-0.2, -0.15) is 0 Å². The molecule has 1 aliphatic heterocycles. The molecule has 1 aliphatic rings. The van der Waals surface area contributed by atoms with Gasteiger partial charge in [-0.25, -0.2) is 0 Å². The molecule has 4 nitrogen and oxygen atoms in total. The molecule has 1 saturated heterocycles. The summed E-state index contributed by atoms with van der Waals surface area (Å²) in [5.41, 5.74) is 2.51. The van der Waals surface area contributed by atoms with Crippen LogP contribution in [0.15, 0.2) is 72.1 Å². The molecule has 30 heavy (non-hydrogen) atoms. The van der Waals surface area contributed by atoms with Crippen LogP contribution < -0.4 is 5.32 Å². The summed E-state index contributed by atoms with van der Waals surface area (Å²) in [6, 6.07) is 21.7. The van der Waals surface area contributed by atoms with E-state index in [1.54, 1.807) is 11.3 Å². The van der Waals surface area contributed by atoms with Crippen molar-refractivity contribution >= 4 is 17.2 Å². The normalized spacial score (nSPS) is 15.1. The average molecular weight is 417 g/mol. The highest BCUT2D eigenvalue weighted by atomic mass is 32.1. The molecule has 2 heterocycles. The van der Waals surface area contributed by atoms with Crippen molar-refractivity contribution in [3.8, 4) is 11.8 Å². The molecule has 0 bridgehead atoms. The van der Waals surface area contributed by atoms with Gasteiger partial charge in [0.2, 0.25) is 0 Å². The number of morpholine rings is 1. The highest BCUT2D eigenvalue weighted by Crippen LogP contribution is 2.25. The van der Waals surface area contributed by atoms with E-state index in [1.165, 1.54) is 4.88 Å². The standard InChI is InChI=1S/C25H24N2O2S/c28-25(22-12-10-21(11-13-22)9-8-20-5-2-1-3-6-20)26-19-23(24-7-4-18-30-24)27-14-16-29-17-15-27/h1-7,10-13,18,23H,14-17,19H2,(H,26,28). The maximum Gasteiger partial charge on any atom is 0.251 e. The molecular formula is C25H24N2O2S. The van der Waals surface area contributed by atoms with E-state index in [2.05, 4.69) is 39.6 Å². The fraction of sp³-hybridized carbons (Fsp3) is 0.240. The molecule has 1 N–H and O–H groups in total. The van der Waals surface area contributed by atoms with Crippen LogP contribution in [0.3, 0.4) is 0 Å². The van der Waals surface area contributed by atoms with Crippen molar-refractivity contribution in [1.29, 1.82) is 0 Å². The number of hydrogen-bond donors (Lipinski definition) is 1. The minimum Gasteiger partial charge on any atom is -0.379 e. The first-order chi connectivity index (χ1) is 14.8. The van der Waals surface area contributed by atoms with Crippen LogP contribution in [0.1, 0.15) is 32.4 Å². The molecule has 4 rings (SSSR count). The fourth-order valence-electron chi connectivity index (χ4n) is 3.44. The van der Waals surface area contributed by atoms with E-state index in [-0.39, 0.29) is 11.9 Å². The Morgan fingerprint density at radius 1 is 0.967 bits per heavy atom. The number of nitrogens with zero attached hydrogens (tertiary/aromatic N) is 1. The first-order valence-corrected chi connectivity index (χ1v) is 11.0. The summed E-state index contributed by atoms with van der Waals surface area (Å²) in [6.45, 7) is 3.82. The predicted molar refractivity (Wildman–Crippen MR) is 121 cm³/mol. The number of carbonyl (C=O) groups excluding carboxylic acids is 1. The Labute approximate surface area is 181 Å². The summed E-state index contributed by atoms with van der Waals surface area (Å²) in [4.78, 5) is 16.4. The second kappa shape index (κ2) is 10.2. The van der Waals surface area contributed by atoms with Gasteiger partial charge in [0, 0.05) is 41.2 Å². The summed E-state index contributed by atoms with van der Waals surface area (Å²) in [7, 11) is 0. The van der Waals surface area contributed by atoms with Gasteiger partial charge in [-0.05, 0) is 47.8 Å². The molecule has 5 heteroatoms. The van der Waals surface area contributed by atoms with Crippen LogP contribution in [0, 0.1) is 11.8 Å². The van der Waals surface area contributed by atoms with E-state index in [0.29, 0.717) is 12.1 Å². The Kier molecular flexibility index (Phi) is 6.94. The number of thiophene rings is 1. The van der Waals surface area contributed by atoms with Crippen molar-refractivity contribution in [2.45, 2.75) is 6.04 Å². The summed E-state index contributed by atoms with van der Waals surface area (Å²) in [5.74, 6) is 6.21. The lowest BCUT2D eigenvalue weighted by Crippen LogP contribution is -2.43. The predicted octanol–water partition coefficient (Wildman–Crippen LogP) is 3.95. The Morgan fingerprint density at radius 2 is 1.67 bits per heavy atom. The van der Waals surface area contributed by atoms with E-state index in [4.69, 9.17) is 4.74 Å². The van der Waals surface area contributed by atoms with Crippen molar-refractivity contribution < 1.29 is 9.53 Å². The molecule has 1 aromatic heterocycles. The van der Waals surface area contributed by atoms with Gasteiger partial charge in [0.25, 0.3) is 5.91 Å². The van der Waals surface area contributed by atoms with Gasteiger partial charge >= 0.3 is 0 Å². The Morgan fingerprint density at radius 3 is 2.33 bits per heavy atom. The van der Waals surface area contributed by atoms with Crippen molar-refractivity contribution in [3.63, 3.8) is 0 Å².